The molecule has 1 aliphatic rings. The Morgan fingerprint density at radius 1 is 1.27 bits per heavy atom. The number of nitrogens with one attached hydrogen (secondary N) is 1. The second-order valence-electron chi connectivity index (χ2n) is 5.90. The normalized spacial score (nSPS) is 16.5. The van der Waals surface area contributed by atoms with Crippen molar-refractivity contribution in [3.63, 3.8) is 0 Å². The van der Waals surface area contributed by atoms with Crippen LogP contribution in [0.2, 0.25) is 0 Å². The monoisotopic (exact) mass is 368 g/mol. The van der Waals surface area contributed by atoms with E-state index in [2.05, 4.69) is 10.3 Å². The highest BCUT2D eigenvalue weighted by Crippen LogP contribution is 2.25. The van der Waals surface area contributed by atoms with Crippen LogP contribution in [0, 0.1) is 0 Å². The number of aromatic nitrogens is 1. The third-order valence-electron chi connectivity index (χ3n) is 4.07. The van der Waals surface area contributed by atoms with E-state index in [1.165, 1.54) is 0 Å². The average Bonchev–Trinajstić information content (AvgIpc) is 3.16. The van der Waals surface area contributed by atoms with Crippen LogP contribution in [0.3, 0.4) is 0 Å². The van der Waals surface area contributed by atoms with Gasteiger partial charge in [0, 0.05) is 17.3 Å². The van der Waals surface area contributed by atoms with Gasteiger partial charge in [0.2, 0.25) is 5.88 Å². The van der Waals surface area contributed by atoms with E-state index in [1.54, 1.807) is 36.5 Å². The largest absolute Gasteiger partial charge is 0.473 e. The van der Waals surface area contributed by atoms with Crippen molar-refractivity contribution in [3.05, 3.63) is 64.6 Å². The van der Waals surface area contributed by atoms with Crippen molar-refractivity contribution >= 4 is 34.3 Å². The molecule has 1 atom stereocenters. The molecule has 0 saturated carbocycles. The molecule has 3 aromatic rings. The van der Waals surface area contributed by atoms with Crippen molar-refractivity contribution in [1.29, 1.82) is 0 Å². The summed E-state index contributed by atoms with van der Waals surface area (Å²) in [6, 6.07) is 12.0. The van der Waals surface area contributed by atoms with Crippen LogP contribution in [-0.2, 0) is 0 Å². The van der Waals surface area contributed by atoms with Gasteiger partial charge in [0.1, 0.15) is 22.9 Å². The SMILES string of the molecule is O=C(Nc1cc2ccccc2oc1=O)c1cccnc1O[C@@H]1CCSC1. The smallest absolute Gasteiger partial charge is 0.360 e. The first-order valence-corrected chi connectivity index (χ1v) is 9.40. The van der Waals surface area contributed by atoms with Gasteiger partial charge in [-0.2, -0.15) is 11.8 Å². The van der Waals surface area contributed by atoms with E-state index >= 15 is 0 Å². The minimum Gasteiger partial charge on any atom is -0.473 e. The van der Waals surface area contributed by atoms with Crippen molar-refractivity contribution in [2.75, 3.05) is 16.8 Å². The number of thioether (sulfide) groups is 1. The second kappa shape index (κ2) is 7.21. The number of fused-ring (bicyclic) bond motifs is 1. The lowest BCUT2D eigenvalue weighted by Gasteiger charge is -2.14. The van der Waals surface area contributed by atoms with Crippen LogP contribution in [0.25, 0.3) is 11.0 Å². The minimum atomic E-state index is -0.601. The number of carbonyl (C=O) groups is 1. The van der Waals surface area contributed by atoms with Crippen molar-refractivity contribution < 1.29 is 13.9 Å². The number of ether oxygens (including phenoxy) is 1. The second-order valence-corrected chi connectivity index (χ2v) is 7.05. The molecule has 26 heavy (non-hydrogen) atoms. The molecule has 0 aliphatic carbocycles. The van der Waals surface area contributed by atoms with E-state index in [9.17, 15) is 9.59 Å². The van der Waals surface area contributed by atoms with Crippen LogP contribution in [0.15, 0.2) is 57.9 Å². The average molecular weight is 368 g/mol. The fourth-order valence-electron chi connectivity index (χ4n) is 2.76. The van der Waals surface area contributed by atoms with Gasteiger partial charge in [-0.1, -0.05) is 18.2 Å². The number of anilines is 1. The van der Waals surface area contributed by atoms with Gasteiger partial charge in [0.25, 0.3) is 5.91 Å². The van der Waals surface area contributed by atoms with Crippen molar-refractivity contribution in [2.45, 2.75) is 12.5 Å². The van der Waals surface area contributed by atoms with Gasteiger partial charge in [0.05, 0.1) is 0 Å². The first-order chi connectivity index (χ1) is 12.7. The third kappa shape index (κ3) is 3.43. The Balaban J connectivity index is 1.60. The Bertz CT molecular complexity index is 1010. The van der Waals surface area contributed by atoms with E-state index in [0.29, 0.717) is 5.58 Å². The summed E-state index contributed by atoms with van der Waals surface area (Å²) in [5, 5.41) is 3.34. The predicted molar refractivity (Wildman–Crippen MR) is 101 cm³/mol. The molecule has 132 valence electrons. The maximum Gasteiger partial charge on any atom is 0.360 e. The molecule has 0 unspecified atom stereocenters. The van der Waals surface area contributed by atoms with Crippen molar-refractivity contribution in [3.8, 4) is 5.88 Å². The summed E-state index contributed by atoms with van der Waals surface area (Å²) in [7, 11) is 0. The fourth-order valence-corrected chi connectivity index (χ4v) is 3.85. The van der Waals surface area contributed by atoms with E-state index < -0.39 is 11.5 Å². The van der Waals surface area contributed by atoms with Gasteiger partial charge in [-0.15, -0.1) is 0 Å². The molecular weight excluding hydrogens is 352 g/mol. The van der Waals surface area contributed by atoms with Crippen LogP contribution in [-0.4, -0.2) is 28.5 Å². The zero-order valence-corrected chi connectivity index (χ0v) is 14.6. The molecule has 7 heteroatoms. The first-order valence-electron chi connectivity index (χ1n) is 8.24. The number of hydrogen-bond donors (Lipinski definition) is 1. The van der Waals surface area contributed by atoms with E-state index in [-0.39, 0.29) is 23.2 Å². The van der Waals surface area contributed by atoms with Gasteiger partial charge >= 0.3 is 5.63 Å². The Morgan fingerprint density at radius 3 is 3.00 bits per heavy atom. The van der Waals surface area contributed by atoms with Crippen molar-refractivity contribution in [1.82, 2.24) is 4.98 Å². The Kier molecular flexibility index (Phi) is 4.62. The summed E-state index contributed by atoms with van der Waals surface area (Å²) in [6.45, 7) is 0. The maximum absolute atomic E-state index is 12.7. The topological polar surface area (TPSA) is 81.4 Å². The summed E-state index contributed by atoms with van der Waals surface area (Å²) in [5.41, 5.74) is 0.243. The molecule has 1 fully saturated rings. The molecule has 2 aromatic heterocycles. The number of pyridine rings is 1. The molecule has 1 saturated heterocycles. The zero-order chi connectivity index (χ0) is 17.9. The first kappa shape index (κ1) is 16.7. The molecule has 1 aromatic carbocycles. The Morgan fingerprint density at radius 2 is 2.15 bits per heavy atom. The summed E-state index contributed by atoms with van der Waals surface area (Å²) in [5.74, 6) is 1.74. The van der Waals surface area contributed by atoms with Crippen LogP contribution in [0.4, 0.5) is 5.69 Å². The number of rotatable bonds is 4. The maximum atomic E-state index is 12.7. The third-order valence-corrected chi connectivity index (χ3v) is 5.20. The van der Waals surface area contributed by atoms with Gasteiger partial charge in [0.15, 0.2) is 0 Å². The molecule has 3 heterocycles. The molecule has 0 spiro atoms. The van der Waals surface area contributed by atoms with Gasteiger partial charge < -0.3 is 14.5 Å². The lowest BCUT2D eigenvalue weighted by atomic mass is 10.2. The molecular formula is C19H16N2O4S. The molecule has 1 amide bonds. The molecule has 0 bridgehead atoms. The van der Waals surface area contributed by atoms with Crippen LogP contribution in [0.5, 0.6) is 5.88 Å². The standard InChI is InChI=1S/C19H16N2O4S/c22-17(14-5-3-8-20-18(14)24-13-7-9-26-11-13)21-15-10-12-4-1-2-6-16(12)25-19(15)23/h1-6,8,10,13H,7,9,11H2,(H,21,22)/t13-/m1/s1. The molecule has 0 radical (unpaired) electrons. The molecule has 1 aliphatic heterocycles. The molecule has 1 N–H and O–H groups in total. The lowest BCUT2D eigenvalue weighted by molar-refractivity contribution is 0.101. The summed E-state index contributed by atoms with van der Waals surface area (Å²) in [6.07, 6.45) is 2.56. The van der Waals surface area contributed by atoms with Crippen molar-refractivity contribution in [2.24, 2.45) is 0 Å². The van der Waals surface area contributed by atoms with Crippen LogP contribution >= 0.6 is 11.8 Å². The predicted octanol–water partition coefficient (Wildman–Crippen LogP) is 3.32. The Labute approximate surface area is 153 Å². The fraction of sp³-hybridized carbons (Fsp3) is 0.211. The van der Waals surface area contributed by atoms with Gasteiger partial charge in [-0.25, -0.2) is 9.78 Å². The summed E-state index contributed by atoms with van der Waals surface area (Å²) in [4.78, 5) is 29.0. The molecule has 6 nitrogen and oxygen atoms in total. The van der Waals surface area contributed by atoms with E-state index in [0.717, 1.165) is 23.3 Å². The Hall–Kier alpha value is -2.80. The van der Waals surface area contributed by atoms with Gasteiger partial charge in [-0.05, 0) is 36.4 Å². The van der Waals surface area contributed by atoms with E-state index in [4.69, 9.17) is 9.15 Å². The number of nitrogens with zero attached hydrogens (tertiary/aromatic N) is 1. The zero-order valence-electron chi connectivity index (χ0n) is 13.8. The highest BCUT2D eigenvalue weighted by Gasteiger charge is 2.22. The highest BCUT2D eigenvalue weighted by atomic mass is 32.2. The lowest BCUT2D eigenvalue weighted by Crippen LogP contribution is -2.21. The summed E-state index contributed by atoms with van der Waals surface area (Å²) >= 11 is 1.81. The van der Waals surface area contributed by atoms with E-state index in [1.807, 2.05) is 23.9 Å². The molecule has 4 rings (SSSR count). The number of para-hydroxylation sites is 1. The van der Waals surface area contributed by atoms with Crippen LogP contribution < -0.4 is 15.7 Å². The number of benzene rings is 1. The summed E-state index contributed by atoms with van der Waals surface area (Å²) < 4.78 is 11.1. The van der Waals surface area contributed by atoms with Crippen LogP contribution in [0.1, 0.15) is 16.8 Å². The number of carbonyl (C=O) groups excluding carboxylic acids is 1. The number of amides is 1. The number of hydrogen-bond acceptors (Lipinski definition) is 6. The van der Waals surface area contributed by atoms with Gasteiger partial charge in [-0.3, -0.25) is 4.79 Å². The quantitative estimate of drug-likeness (QED) is 0.712. The minimum absolute atomic E-state index is 0.0483. The highest BCUT2D eigenvalue weighted by molar-refractivity contribution is 7.99.